The molecule has 2 amide bonds. The number of ether oxygens (including phenoxy) is 3. The van der Waals surface area contributed by atoms with Gasteiger partial charge in [0.15, 0.2) is 14.4 Å². The third-order valence-electron chi connectivity index (χ3n) is 7.72. The van der Waals surface area contributed by atoms with Gasteiger partial charge in [0.25, 0.3) is 5.91 Å². The van der Waals surface area contributed by atoms with Crippen LogP contribution in [0.15, 0.2) is 69.3 Å². The van der Waals surface area contributed by atoms with Crippen molar-refractivity contribution in [3.63, 3.8) is 0 Å². The van der Waals surface area contributed by atoms with Gasteiger partial charge in [0.2, 0.25) is 0 Å². The Hall–Kier alpha value is -4.21. The van der Waals surface area contributed by atoms with Crippen molar-refractivity contribution in [1.82, 2.24) is 15.5 Å². The van der Waals surface area contributed by atoms with Crippen LogP contribution in [0.5, 0.6) is 17.2 Å². The Labute approximate surface area is 329 Å². The van der Waals surface area contributed by atoms with E-state index in [4.69, 9.17) is 37.4 Å². The lowest BCUT2D eigenvalue weighted by Gasteiger charge is -2.21. The van der Waals surface area contributed by atoms with Crippen molar-refractivity contribution in [3.05, 3.63) is 93.0 Å². The third-order valence-corrected chi connectivity index (χ3v) is 11.4. The molecule has 0 radical (unpaired) electrons. The highest BCUT2D eigenvalue weighted by Gasteiger charge is 2.23. The van der Waals surface area contributed by atoms with Gasteiger partial charge in [-0.15, -0.1) is 10.2 Å². The molecule has 0 bridgehead atoms. The summed E-state index contributed by atoms with van der Waals surface area (Å²) in [6, 6.07) is 17.3. The van der Waals surface area contributed by atoms with E-state index in [0.29, 0.717) is 67.7 Å². The lowest BCUT2D eigenvalue weighted by molar-refractivity contribution is -0.139. The number of rotatable bonds is 15. The number of aryl methyl sites for hydroxylation is 2. The minimum atomic E-state index is -0.745. The van der Waals surface area contributed by atoms with Crippen molar-refractivity contribution in [2.45, 2.75) is 41.6 Å². The molecule has 16 heteroatoms. The molecule has 5 aromatic rings. The predicted octanol–water partition coefficient (Wildman–Crippen LogP) is 9.10. The summed E-state index contributed by atoms with van der Waals surface area (Å²) in [4.78, 5) is 39.6. The van der Waals surface area contributed by atoms with Crippen LogP contribution in [0, 0.1) is 13.8 Å². The van der Waals surface area contributed by atoms with E-state index >= 15 is 0 Å². The number of phenols is 1. The molecule has 0 atom stereocenters. The molecule has 4 aromatic carbocycles. The minimum Gasteiger partial charge on any atom is -0.506 e. The summed E-state index contributed by atoms with van der Waals surface area (Å²) in [7, 11) is 1.53. The minimum absolute atomic E-state index is 0.102. The van der Waals surface area contributed by atoms with Crippen LogP contribution in [-0.2, 0) is 15.3 Å². The number of carbonyl (C=O) groups excluding carboxylic acids is 3. The molecular formula is C37H36Cl2N4O7S3. The first-order valence-corrected chi connectivity index (χ1v) is 19.9. The third kappa shape index (κ3) is 10.5. The van der Waals surface area contributed by atoms with E-state index in [2.05, 4.69) is 21.6 Å². The molecule has 0 saturated carbocycles. The average molecular weight is 816 g/mol. The van der Waals surface area contributed by atoms with Crippen molar-refractivity contribution >= 4 is 92.5 Å². The Kier molecular flexibility index (Phi) is 14.1. The van der Waals surface area contributed by atoms with E-state index in [0.717, 1.165) is 16.9 Å². The van der Waals surface area contributed by atoms with Gasteiger partial charge in [0.1, 0.15) is 11.5 Å². The largest absolute Gasteiger partial charge is 0.506 e. The Morgan fingerprint density at radius 2 is 1.75 bits per heavy atom. The lowest BCUT2D eigenvalue weighted by atomic mass is 10.0. The van der Waals surface area contributed by atoms with Crippen LogP contribution in [0.25, 0.3) is 10.8 Å². The number of aromatic hydroxyl groups is 1. The highest BCUT2D eigenvalue weighted by Crippen LogP contribution is 2.39. The fourth-order valence-electron chi connectivity index (χ4n) is 5.18. The monoisotopic (exact) mass is 814 g/mol. The highest BCUT2D eigenvalue weighted by atomic mass is 35.5. The van der Waals surface area contributed by atoms with Gasteiger partial charge in [0, 0.05) is 40.7 Å². The second kappa shape index (κ2) is 18.7. The maximum absolute atomic E-state index is 13.6. The number of hydrogen-bond acceptors (Lipinski definition) is 12. The number of hydrogen-bond donors (Lipinski definition) is 2. The molecule has 1 heterocycles. The summed E-state index contributed by atoms with van der Waals surface area (Å²) >= 11 is 16.7. The molecule has 53 heavy (non-hydrogen) atoms. The van der Waals surface area contributed by atoms with E-state index in [9.17, 15) is 19.5 Å². The van der Waals surface area contributed by atoms with Gasteiger partial charge < -0.3 is 24.6 Å². The lowest BCUT2D eigenvalue weighted by Crippen LogP contribution is -2.30. The number of carbonyl (C=O) groups is 3. The zero-order valence-corrected chi connectivity index (χ0v) is 33.2. The van der Waals surface area contributed by atoms with Crippen LogP contribution in [0.3, 0.4) is 0 Å². The van der Waals surface area contributed by atoms with Crippen molar-refractivity contribution in [3.8, 4) is 17.2 Å². The maximum atomic E-state index is 13.6. The molecule has 0 aliphatic rings. The number of aromatic nitrogens is 2. The number of benzene rings is 4. The van der Waals surface area contributed by atoms with Gasteiger partial charge in [0.05, 0.1) is 35.2 Å². The summed E-state index contributed by atoms with van der Waals surface area (Å²) in [6.45, 7) is 6.83. The van der Waals surface area contributed by atoms with Crippen LogP contribution in [0.4, 0.5) is 10.5 Å². The zero-order chi connectivity index (χ0) is 38.1. The predicted molar refractivity (Wildman–Crippen MR) is 212 cm³/mol. The Morgan fingerprint density at radius 1 is 0.981 bits per heavy atom. The van der Waals surface area contributed by atoms with Crippen LogP contribution in [0.2, 0.25) is 10.0 Å². The summed E-state index contributed by atoms with van der Waals surface area (Å²) in [5, 5.41) is 23.7. The molecule has 5 rings (SSSR count). The summed E-state index contributed by atoms with van der Waals surface area (Å²) < 4.78 is 17.9. The second-order valence-corrected chi connectivity index (χ2v) is 15.8. The normalized spacial score (nSPS) is 11.0. The maximum Gasteiger partial charge on any atom is 0.419 e. The number of halogens is 2. The van der Waals surface area contributed by atoms with E-state index < -0.39 is 12.0 Å². The van der Waals surface area contributed by atoms with Gasteiger partial charge in [-0.05, 0) is 63.1 Å². The van der Waals surface area contributed by atoms with Crippen LogP contribution < -0.4 is 19.7 Å². The smallest absolute Gasteiger partial charge is 0.419 e. The molecule has 0 fully saturated rings. The van der Waals surface area contributed by atoms with Gasteiger partial charge in [-0.3, -0.25) is 14.5 Å². The SMILES string of the molecule is CCOC(=O)CSc1nnc(SCc2cc(Cl)cc(Cl)c2OC(=O)N(C)c2cccc3c(O)c(C(=O)NCCCOc4ccc(C)cc4C)ccc23)s1. The van der Waals surface area contributed by atoms with Gasteiger partial charge in [-0.2, -0.15) is 0 Å². The van der Waals surface area contributed by atoms with Crippen LogP contribution in [-0.4, -0.2) is 65.8 Å². The Morgan fingerprint density at radius 3 is 2.51 bits per heavy atom. The number of phenolic OH excluding ortho intramolecular Hbond substituents is 1. The topological polar surface area (TPSA) is 140 Å². The molecule has 278 valence electrons. The number of nitrogens with zero attached hydrogens (tertiary/aromatic N) is 3. The first-order valence-electron chi connectivity index (χ1n) is 16.4. The van der Waals surface area contributed by atoms with E-state index in [1.807, 2.05) is 26.0 Å². The van der Waals surface area contributed by atoms with E-state index in [1.54, 1.807) is 37.3 Å². The highest BCUT2D eigenvalue weighted by molar-refractivity contribution is 8.03. The Balaban J connectivity index is 1.22. The fraction of sp³-hybridized carbons (Fsp3) is 0.270. The first-order chi connectivity index (χ1) is 25.4. The summed E-state index contributed by atoms with van der Waals surface area (Å²) in [5.41, 5.74) is 3.29. The molecular weight excluding hydrogens is 780 g/mol. The zero-order valence-electron chi connectivity index (χ0n) is 29.2. The molecule has 0 aliphatic carbocycles. The number of anilines is 1. The quantitative estimate of drug-likeness (QED) is 0.0594. The number of esters is 1. The van der Waals surface area contributed by atoms with Crippen molar-refractivity contribution in [1.29, 1.82) is 0 Å². The number of amides is 2. The van der Waals surface area contributed by atoms with E-state index in [1.165, 1.54) is 58.9 Å². The van der Waals surface area contributed by atoms with Crippen molar-refractivity contribution in [2.24, 2.45) is 0 Å². The molecule has 0 unspecified atom stereocenters. The molecule has 0 spiro atoms. The van der Waals surface area contributed by atoms with E-state index in [-0.39, 0.29) is 33.8 Å². The van der Waals surface area contributed by atoms with Gasteiger partial charge in [-0.25, -0.2) is 4.79 Å². The number of thioether (sulfide) groups is 2. The molecule has 0 aliphatic heterocycles. The number of fused-ring (bicyclic) bond motifs is 1. The summed E-state index contributed by atoms with van der Waals surface area (Å²) in [6.07, 6.45) is -0.172. The molecule has 0 saturated heterocycles. The molecule has 2 N–H and O–H groups in total. The van der Waals surface area contributed by atoms with Crippen molar-refractivity contribution < 1.29 is 33.7 Å². The fourth-order valence-corrected chi connectivity index (χ4v) is 8.54. The summed E-state index contributed by atoms with van der Waals surface area (Å²) in [5.74, 6) is 0.383. The van der Waals surface area contributed by atoms with Gasteiger partial charge >= 0.3 is 12.1 Å². The van der Waals surface area contributed by atoms with Crippen molar-refractivity contribution in [2.75, 3.05) is 37.5 Å². The van der Waals surface area contributed by atoms with Crippen LogP contribution in [0.1, 0.15) is 40.4 Å². The van der Waals surface area contributed by atoms with Gasteiger partial charge in [-0.1, -0.05) is 94.0 Å². The first kappa shape index (κ1) is 40.0. The molecule has 1 aromatic heterocycles. The molecule has 11 nitrogen and oxygen atoms in total. The van der Waals surface area contributed by atoms with Crippen LogP contribution >= 0.6 is 58.1 Å². The standard InChI is InChI=1S/C37H36Cl2N4O7S3/c1-5-48-31(44)20-52-36-42-41-35(53-36)51-19-23-17-24(38)18-28(39)33(23)50-37(47)43(4)29-9-6-8-26-25(29)11-12-27(32(26)45)34(46)40-14-7-15-49-30-13-10-21(2)16-22(30)3/h6,8-13,16-18,45H,5,7,14-15,19-20H2,1-4H3,(H,40,46). The average Bonchev–Trinajstić information content (AvgIpc) is 3.59. The number of nitrogens with one attached hydrogen (secondary N) is 1. The second-order valence-electron chi connectivity index (χ2n) is 11.6. The Bertz CT molecular complexity index is 2130.